The number of nitrogens with two attached hydrogens (primary N) is 1. The summed E-state index contributed by atoms with van der Waals surface area (Å²) in [6.45, 7) is 2.00. The molecule has 0 radical (unpaired) electrons. The topological polar surface area (TPSA) is 63.0 Å². The van der Waals surface area contributed by atoms with Gasteiger partial charge in [-0.15, -0.1) is 0 Å². The van der Waals surface area contributed by atoms with Crippen molar-refractivity contribution in [2.75, 3.05) is 6.54 Å². The molecule has 0 saturated carbocycles. The van der Waals surface area contributed by atoms with Crippen molar-refractivity contribution in [3.8, 4) is 0 Å². The van der Waals surface area contributed by atoms with Gasteiger partial charge in [-0.05, 0) is 74.2 Å². The molecule has 144 valence electrons. The van der Waals surface area contributed by atoms with Crippen molar-refractivity contribution in [3.05, 3.63) is 65.0 Å². The predicted molar refractivity (Wildman–Crippen MR) is 111 cm³/mol. The van der Waals surface area contributed by atoms with E-state index in [1.807, 2.05) is 6.20 Å². The molecule has 27 heavy (non-hydrogen) atoms. The summed E-state index contributed by atoms with van der Waals surface area (Å²) in [6.07, 6.45) is 9.91. The molecule has 1 aromatic heterocycles. The van der Waals surface area contributed by atoms with E-state index in [0.717, 1.165) is 38.8 Å². The van der Waals surface area contributed by atoms with Gasteiger partial charge in [-0.1, -0.05) is 30.3 Å². The Kier molecular flexibility index (Phi) is 6.17. The van der Waals surface area contributed by atoms with Crippen LogP contribution >= 0.6 is 0 Å². The zero-order chi connectivity index (χ0) is 18.5. The minimum absolute atomic E-state index is 0.270. The fourth-order valence-electron chi connectivity index (χ4n) is 4.62. The number of aromatic nitrogens is 1. The lowest BCUT2D eigenvalue weighted by Gasteiger charge is -2.28. The number of fused-ring (bicyclic) bond motifs is 2. The molecule has 0 saturated heterocycles. The van der Waals surface area contributed by atoms with Gasteiger partial charge >= 0.3 is 0 Å². The molecule has 1 aliphatic carbocycles. The van der Waals surface area contributed by atoms with Crippen LogP contribution in [0.15, 0.2) is 42.6 Å². The largest absolute Gasteiger partial charge is 0.328 e. The first-order valence-electron chi connectivity index (χ1n) is 10.5. The highest BCUT2D eigenvalue weighted by molar-refractivity contribution is 5.30. The number of aryl methyl sites for hydroxylation is 1. The molecule has 1 aliphatic heterocycles. The van der Waals surface area contributed by atoms with Crippen molar-refractivity contribution in [1.29, 1.82) is 0 Å². The molecule has 2 aromatic rings. The molecule has 0 bridgehead atoms. The van der Waals surface area contributed by atoms with E-state index >= 15 is 0 Å². The third-order valence-corrected chi connectivity index (χ3v) is 6.09. The normalized spacial score (nSPS) is 22.7. The van der Waals surface area contributed by atoms with Crippen LogP contribution in [0.1, 0.15) is 60.5 Å². The SMILES string of the molecule is NC(CCCN[C@H]1CCCc2cccnc21)C[C@H]1Cc2ccccc2CN1. The monoisotopic (exact) mass is 364 g/mol. The highest BCUT2D eigenvalue weighted by Crippen LogP contribution is 2.27. The summed E-state index contributed by atoms with van der Waals surface area (Å²) in [7, 11) is 0. The fraction of sp³-hybridized carbons (Fsp3) is 0.522. The van der Waals surface area contributed by atoms with Gasteiger partial charge in [-0.3, -0.25) is 4.98 Å². The second-order valence-electron chi connectivity index (χ2n) is 8.14. The summed E-state index contributed by atoms with van der Waals surface area (Å²) >= 11 is 0. The highest BCUT2D eigenvalue weighted by Gasteiger charge is 2.21. The molecule has 0 fully saturated rings. The number of nitrogens with zero attached hydrogens (tertiary/aromatic N) is 1. The minimum Gasteiger partial charge on any atom is -0.328 e. The molecule has 2 heterocycles. The smallest absolute Gasteiger partial charge is 0.0605 e. The first-order chi connectivity index (χ1) is 13.3. The summed E-state index contributed by atoms with van der Waals surface area (Å²) in [6, 6.07) is 14.2. The van der Waals surface area contributed by atoms with Crippen molar-refractivity contribution in [3.63, 3.8) is 0 Å². The predicted octanol–water partition coefficient (Wildman–Crippen LogP) is 3.26. The average Bonchev–Trinajstić information content (AvgIpc) is 2.71. The highest BCUT2D eigenvalue weighted by atomic mass is 14.9. The van der Waals surface area contributed by atoms with E-state index in [1.54, 1.807) is 0 Å². The van der Waals surface area contributed by atoms with E-state index < -0.39 is 0 Å². The Morgan fingerprint density at radius 2 is 2.00 bits per heavy atom. The number of hydrogen-bond acceptors (Lipinski definition) is 4. The molecule has 3 atom stereocenters. The lowest BCUT2D eigenvalue weighted by atomic mass is 9.91. The Morgan fingerprint density at radius 3 is 2.93 bits per heavy atom. The summed E-state index contributed by atoms with van der Waals surface area (Å²) in [4.78, 5) is 4.61. The first kappa shape index (κ1) is 18.6. The van der Waals surface area contributed by atoms with Crippen LogP contribution < -0.4 is 16.4 Å². The summed E-state index contributed by atoms with van der Waals surface area (Å²) in [5.74, 6) is 0. The van der Waals surface area contributed by atoms with Gasteiger partial charge in [-0.25, -0.2) is 0 Å². The van der Waals surface area contributed by atoms with E-state index in [4.69, 9.17) is 5.73 Å². The maximum absolute atomic E-state index is 6.44. The van der Waals surface area contributed by atoms with E-state index in [9.17, 15) is 0 Å². The molecule has 4 rings (SSSR count). The Balaban J connectivity index is 1.18. The maximum Gasteiger partial charge on any atom is 0.0605 e. The van der Waals surface area contributed by atoms with Gasteiger partial charge in [0.1, 0.15) is 0 Å². The molecular weight excluding hydrogens is 332 g/mol. The van der Waals surface area contributed by atoms with Gasteiger partial charge in [0.15, 0.2) is 0 Å². The lowest BCUT2D eigenvalue weighted by Crippen LogP contribution is -2.40. The van der Waals surface area contributed by atoms with Crippen LogP contribution in [0.5, 0.6) is 0 Å². The Hall–Kier alpha value is -1.75. The van der Waals surface area contributed by atoms with Crippen molar-refractivity contribution in [1.82, 2.24) is 15.6 Å². The zero-order valence-electron chi connectivity index (χ0n) is 16.2. The van der Waals surface area contributed by atoms with Crippen LogP contribution in [-0.4, -0.2) is 23.6 Å². The number of benzene rings is 1. The molecule has 0 amide bonds. The van der Waals surface area contributed by atoms with E-state index in [0.29, 0.717) is 12.1 Å². The third-order valence-electron chi connectivity index (χ3n) is 6.09. The van der Waals surface area contributed by atoms with Crippen LogP contribution in [0.3, 0.4) is 0 Å². The van der Waals surface area contributed by atoms with Crippen molar-refractivity contribution in [2.24, 2.45) is 5.73 Å². The second-order valence-corrected chi connectivity index (χ2v) is 8.14. The molecule has 2 aliphatic rings. The Morgan fingerprint density at radius 1 is 1.15 bits per heavy atom. The van der Waals surface area contributed by atoms with Gasteiger partial charge in [-0.2, -0.15) is 0 Å². The van der Waals surface area contributed by atoms with Crippen LogP contribution in [-0.2, 0) is 19.4 Å². The van der Waals surface area contributed by atoms with Crippen LogP contribution in [0.4, 0.5) is 0 Å². The van der Waals surface area contributed by atoms with Gasteiger partial charge in [0.25, 0.3) is 0 Å². The molecule has 1 unspecified atom stereocenters. The summed E-state index contributed by atoms with van der Waals surface area (Å²) < 4.78 is 0. The van der Waals surface area contributed by atoms with E-state index in [1.165, 1.54) is 41.6 Å². The Labute approximate surface area is 163 Å². The van der Waals surface area contributed by atoms with Gasteiger partial charge in [0, 0.05) is 30.9 Å². The number of hydrogen-bond donors (Lipinski definition) is 3. The summed E-state index contributed by atoms with van der Waals surface area (Å²) in [5.41, 5.74) is 12.0. The van der Waals surface area contributed by atoms with Crippen molar-refractivity contribution in [2.45, 2.75) is 69.6 Å². The van der Waals surface area contributed by atoms with Gasteiger partial charge in [0.05, 0.1) is 5.69 Å². The Bertz CT molecular complexity index is 745. The number of nitrogens with one attached hydrogen (secondary N) is 2. The molecule has 4 nitrogen and oxygen atoms in total. The standard InChI is InChI=1S/C23H32N4/c24-20(15-21-14-18-6-1-2-7-19(18)16-27-21)10-5-12-25-22-11-3-8-17-9-4-13-26-23(17)22/h1-2,4,6-7,9,13,20-22,25,27H,3,5,8,10-12,14-16,24H2/t20?,21-,22+/m1/s1. The van der Waals surface area contributed by atoms with Gasteiger partial charge in [0.2, 0.25) is 0 Å². The first-order valence-corrected chi connectivity index (χ1v) is 10.5. The van der Waals surface area contributed by atoms with Crippen molar-refractivity contribution < 1.29 is 0 Å². The number of rotatable bonds is 7. The molecule has 4 N–H and O–H groups in total. The second kappa shape index (κ2) is 8.96. The number of pyridine rings is 1. The van der Waals surface area contributed by atoms with Crippen LogP contribution in [0.25, 0.3) is 0 Å². The van der Waals surface area contributed by atoms with E-state index in [2.05, 4.69) is 52.0 Å². The molecule has 1 aromatic carbocycles. The maximum atomic E-state index is 6.44. The average molecular weight is 365 g/mol. The van der Waals surface area contributed by atoms with Crippen LogP contribution in [0.2, 0.25) is 0 Å². The molecule has 0 spiro atoms. The third kappa shape index (κ3) is 4.75. The van der Waals surface area contributed by atoms with Crippen molar-refractivity contribution >= 4 is 0 Å². The van der Waals surface area contributed by atoms with Crippen LogP contribution in [0, 0.1) is 0 Å². The molecular formula is C23H32N4. The quantitative estimate of drug-likeness (QED) is 0.660. The minimum atomic E-state index is 0.270. The van der Waals surface area contributed by atoms with Gasteiger partial charge < -0.3 is 16.4 Å². The lowest BCUT2D eigenvalue weighted by molar-refractivity contribution is 0.389. The summed E-state index contributed by atoms with van der Waals surface area (Å²) in [5, 5.41) is 7.37. The zero-order valence-corrected chi connectivity index (χ0v) is 16.2. The van der Waals surface area contributed by atoms with E-state index in [-0.39, 0.29) is 6.04 Å². The fourth-order valence-corrected chi connectivity index (χ4v) is 4.62. The molecule has 4 heteroatoms.